The maximum absolute atomic E-state index is 14.0. The van der Waals surface area contributed by atoms with Crippen molar-refractivity contribution in [1.82, 2.24) is 4.98 Å². The largest absolute Gasteiger partial charge is 0.384 e. The number of hydrogen-bond donors (Lipinski definition) is 1. The molecule has 0 saturated carbocycles. The van der Waals surface area contributed by atoms with E-state index in [1.165, 1.54) is 5.56 Å². The maximum Gasteiger partial charge on any atom is 0.149 e. The van der Waals surface area contributed by atoms with Crippen LogP contribution in [0.25, 0.3) is 10.9 Å². The minimum absolute atomic E-state index is 0.209. The number of halogens is 1. The Kier molecular flexibility index (Phi) is 2.69. The van der Waals surface area contributed by atoms with Crippen LogP contribution in [0.3, 0.4) is 0 Å². The molecule has 0 amide bonds. The monoisotopic (exact) mass is 244 g/mol. The summed E-state index contributed by atoms with van der Waals surface area (Å²) in [7, 11) is 0. The highest BCUT2D eigenvalue weighted by Gasteiger charge is 2.20. The van der Waals surface area contributed by atoms with Gasteiger partial charge in [-0.2, -0.15) is 0 Å². The van der Waals surface area contributed by atoms with E-state index in [2.05, 4.69) is 17.2 Å². The highest BCUT2D eigenvalue weighted by atomic mass is 19.1. The molecule has 0 atom stereocenters. The molecule has 0 bridgehead atoms. The molecular weight excluding hydrogens is 227 g/mol. The van der Waals surface area contributed by atoms with Gasteiger partial charge in [-0.1, -0.05) is 0 Å². The quantitative estimate of drug-likeness (QED) is 0.873. The van der Waals surface area contributed by atoms with E-state index >= 15 is 0 Å². The Hall–Kier alpha value is -1.64. The average Bonchev–Trinajstić information content (AvgIpc) is 2.78. The standard InChI is InChI=1S/C15H17FN2/c1-3-17-14-10-5-4-6-13(10)18-15-11(14)7-9(2)8-12(15)16/h7-8H,3-6H2,1-2H3,(H,17,18). The fourth-order valence-corrected chi connectivity index (χ4v) is 2.84. The van der Waals surface area contributed by atoms with E-state index in [9.17, 15) is 4.39 Å². The lowest BCUT2D eigenvalue weighted by atomic mass is 10.0. The molecule has 1 aromatic carbocycles. The lowest BCUT2D eigenvalue weighted by molar-refractivity contribution is 0.635. The lowest BCUT2D eigenvalue weighted by Crippen LogP contribution is -2.04. The van der Waals surface area contributed by atoms with Crippen LogP contribution in [0.4, 0.5) is 10.1 Å². The highest BCUT2D eigenvalue weighted by Crippen LogP contribution is 2.35. The SMILES string of the molecule is CCNc1c2c(nc3c(F)cc(C)cc13)CCC2. The van der Waals surface area contributed by atoms with Crippen molar-refractivity contribution in [2.75, 3.05) is 11.9 Å². The summed E-state index contributed by atoms with van der Waals surface area (Å²) in [5.74, 6) is -0.209. The van der Waals surface area contributed by atoms with Crippen molar-refractivity contribution in [3.05, 3.63) is 34.8 Å². The van der Waals surface area contributed by atoms with Gasteiger partial charge >= 0.3 is 0 Å². The van der Waals surface area contributed by atoms with E-state index in [-0.39, 0.29) is 5.82 Å². The lowest BCUT2D eigenvalue weighted by Gasteiger charge is -2.14. The average molecular weight is 244 g/mol. The molecule has 0 aliphatic heterocycles. The van der Waals surface area contributed by atoms with Gasteiger partial charge in [0.2, 0.25) is 0 Å². The van der Waals surface area contributed by atoms with Gasteiger partial charge in [0.1, 0.15) is 11.3 Å². The van der Waals surface area contributed by atoms with Crippen LogP contribution in [0.1, 0.15) is 30.2 Å². The number of aromatic nitrogens is 1. The smallest absolute Gasteiger partial charge is 0.149 e. The zero-order valence-corrected chi connectivity index (χ0v) is 10.8. The third-order valence-corrected chi connectivity index (χ3v) is 3.57. The second kappa shape index (κ2) is 4.23. The Morgan fingerprint density at radius 1 is 1.33 bits per heavy atom. The Labute approximate surface area is 106 Å². The Bertz CT molecular complexity index is 620. The molecule has 3 heteroatoms. The van der Waals surface area contributed by atoms with Crippen molar-refractivity contribution >= 4 is 16.6 Å². The predicted octanol–water partition coefficient (Wildman–Crippen LogP) is 3.60. The van der Waals surface area contributed by atoms with Crippen LogP contribution in [0.5, 0.6) is 0 Å². The molecule has 0 fully saturated rings. The van der Waals surface area contributed by atoms with Gasteiger partial charge in [-0.25, -0.2) is 9.37 Å². The van der Waals surface area contributed by atoms with Crippen LogP contribution in [0.2, 0.25) is 0 Å². The molecule has 1 N–H and O–H groups in total. The molecule has 2 nitrogen and oxygen atoms in total. The first kappa shape index (κ1) is 11.5. The summed E-state index contributed by atoms with van der Waals surface area (Å²) in [4.78, 5) is 4.52. The van der Waals surface area contributed by atoms with E-state index in [0.29, 0.717) is 5.52 Å². The molecule has 94 valence electrons. The van der Waals surface area contributed by atoms with Crippen molar-refractivity contribution in [3.8, 4) is 0 Å². The van der Waals surface area contributed by atoms with E-state index in [1.54, 1.807) is 6.07 Å². The fraction of sp³-hybridized carbons (Fsp3) is 0.400. The molecule has 1 aliphatic rings. The summed E-state index contributed by atoms with van der Waals surface area (Å²) >= 11 is 0. The van der Waals surface area contributed by atoms with Crippen LogP contribution in [-0.2, 0) is 12.8 Å². The van der Waals surface area contributed by atoms with E-state index in [1.807, 2.05) is 13.0 Å². The van der Waals surface area contributed by atoms with Gasteiger partial charge in [-0.3, -0.25) is 0 Å². The first-order chi connectivity index (χ1) is 8.70. The van der Waals surface area contributed by atoms with Gasteiger partial charge in [-0.15, -0.1) is 0 Å². The Morgan fingerprint density at radius 2 is 2.17 bits per heavy atom. The molecule has 0 saturated heterocycles. The van der Waals surface area contributed by atoms with Gasteiger partial charge in [0, 0.05) is 23.3 Å². The molecule has 2 aromatic rings. The number of nitrogens with one attached hydrogen (secondary N) is 1. The van der Waals surface area contributed by atoms with E-state index in [0.717, 1.165) is 48.1 Å². The summed E-state index contributed by atoms with van der Waals surface area (Å²) in [6.07, 6.45) is 3.14. The van der Waals surface area contributed by atoms with E-state index < -0.39 is 0 Å². The summed E-state index contributed by atoms with van der Waals surface area (Å²) in [6.45, 7) is 4.84. The molecule has 3 rings (SSSR count). The first-order valence-electron chi connectivity index (χ1n) is 6.56. The normalized spacial score (nSPS) is 13.9. The molecule has 1 heterocycles. The molecule has 18 heavy (non-hydrogen) atoms. The first-order valence-corrected chi connectivity index (χ1v) is 6.56. The number of anilines is 1. The van der Waals surface area contributed by atoms with Crippen molar-refractivity contribution in [3.63, 3.8) is 0 Å². The topological polar surface area (TPSA) is 24.9 Å². The third-order valence-electron chi connectivity index (χ3n) is 3.57. The van der Waals surface area contributed by atoms with Crippen molar-refractivity contribution in [1.29, 1.82) is 0 Å². The number of pyridine rings is 1. The summed E-state index contributed by atoms with van der Waals surface area (Å²) in [5.41, 5.74) is 4.91. The fourth-order valence-electron chi connectivity index (χ4n) is 2.84. The molecule has 0 spiro atoms. The second-order valence-corrected chi connectivity index (χ2v) is 4.94. The minimum Gasteiger partial charge on any atom is -0.384 e. The molecular formula is C15H17FN2. The number of aryl methyl sites for hydroxylation is 2. The number of benzene rings is 1. The van der Waals surface area contributed by atoms with Gasteiger partial charge in [0.15, 0.2) is 0 Å². The Morgan fingerprint density at radius 3 is 2.94 bits per heavy atom. The second-order valence-electron chi connectivity index (χ2n) is 4.94. The van der Waals surface area contributed by atoms with Crippen LogP contribution in [0.15, 0.2) is 12.1 Å². The van der Waals surface area contributed by atoms with Crippen LogP contribution in [0, 0.1) is 12.7 Å². The van der Waals surface area contributed by atoms with Gasteiger partial charge in [0.25, 0.3) is 0 Å². The van der Waals surface area contributed by atoms with Crippen LogP contribution >= 0.6 is 0 Å². The zero-order chi connectivity index (χ0) is 12.7. The Balaban J connectivity index is 2.38. The zero-order valence-electron chi connectivity index (χ0n) is 10.8. The summed E-state index contributed by atoms with van der Waals surface area (Å²) in [6, 6.07) is 3.59. The number of hydrogen-bond acceptors (Lipinski definition) is 2. The minimum atomic E-state index is -0.209. The van der Waals surface area contributed by atoms with Crippen molar-refractivity contribution < 1.29 is 4.39 Å². The maximum atomic E-state index is 14.0. The molecule has 1 aliphatic carbocycles. The number of fused-ring (bicyclic) bond motifs is 2. The highest BCUT2D eigenvalue weighted by molar-refractivity contribution is 5.94. The summed E-state index contributed by atoms with van der Waals surface area (Å²) in [5, 5.41) is 4.32. The van der Waals surface area contributed by atoms with Crippen molar-refractivity contribution in [2.24, 2.45) is 0 Å². The third kappa shape index (κ3) is 1.65. The van der Waals surface area contributed by atoms with E-state index in [4.69, 9.17) is 0 Å². The number of nitrogens with zero attached hydrogens (tertiary/aromatic N) is 1. The van der Waals surface area contributed by atoms with Crippen molar-refractivity contribution in [2.45, 2.75) is 33.1 Å². The van der Waals surface area contributed by atoms with Gasteiger partial charge < -0.3 is 5.32 Å². The van der Waals surface area contributed by atoms with Crippen LogP contribution in [-0.4, -0.2) is 11.5 Å². The molecule has 0 unspecified atom stereocenters. The predicted molar refractivity (Wildman–Crippen MR) is 72.6 cm³/mol. The van der Waals surface area contributed by atoms with Gasteiger partial charge in [-0.05, 0) is 56.4 Å². The number of rotatable bonds is 2. The van der Waals surface area contributed by atoms with Gasteiger partial charge in [0.05, 0.1) is 0 Å². The molecule has 1 aromatic heterocycles. The summed E-state index contributed by atoms with van der Waals surface area (Å²) < 4.78 is 14.0. The molecule has 0 radical (unpaired) electrons. The van der Waals surface area contributed by atoms with Crippen LogP contribution < -0.4 is 5.32 Å².